The molecule has 1 saturated heterocycles. The molecule has 0 spiro atoms. The highest BCUT2D eigenvalue weighted by molar-refractivity contribution is 9.10. The van der Waals surface area contributed by atoms with Crippen molar-refractivity contribution in [1.29, 1.82) is 0 Å². The Bertz CT molecular complexity index is 802. The minimum atomic E-state index is -4.47. The van der Waals surface area contributed by atoms with Gasteiger partial charge in [-0.1, -0.05) is 6.07 Å². The molecule has 0 N–H and O–H groups in total. The molecule has 0 aliphatic carbocycles. The molecule has 3 rings (SSSR count). The lowest BCUT2D eigenvalue weighted by Gasteiger charge is -2.26. The normalized spacial score (nSPS) is 17.9. The molecule has 1 unspecified atom stereocenters. The number of likely N-dealkylation sites (tertiary alicyclic amines) is 1. The summed E-state index contributed by atoms with van der Waals surface area (Å²) in [5, 5.41) is 0. The summed E-state index contributed by atoms with van der Waals surface area (Å²) in [5.74, 6) is 1.07. The fourth-order valence-electron chi connectivity index (χ4n) is 3.22. The minimum Gasteiger partial charge on any atom is -0.496 e. The third-order valence-electron chi connectivity index (χ3n) is 4.72. The van der Waals surface area contributed by atoms with Crippen LogP contribution in [0.1, 0.15) is 17.7 Å². The minimum absolute atomic E-state index is 0.0997. The molecule has 2 aromatic rings. The number of methoxy groups -OCH3 is 1. The first-order valence-electron chi connectivity index (χ1n) is 8.45. The van der Waals surface area contributed by atoms with Gasteiger partial charge >= 0.3 is 6.18 Å². The van der Waals surface area contributed by atoms with E-state index in [-0.39, 0.29) is 11.9 Å². The topological polar surface area (TPSA) is 41.5 Å². The number of alkyl halides is 3. The number of aromatic nitrogens is 2. The van der Waals surface area contributed by atoms with Gasteiger partial charge in [0, 0.05) is 38.8 Å². The Labute approximate surface area is 164 Å². The summed E-state index contributed by atoms with van der Waals surface area (Å²) >= 11 is 3.49. The van der Waals surface area contributed by atoms with Crippen molar-refractivity contribution < 1.29 is 17.9 Å². The molecule has 0 radical (unpaired) electrons. The summed E-state index contributed by atoms with van der Waals surface area (Å²) in [4.78, 5) is 11.4. The number of halogens is 4. The first-order valence-corrected chi connectivity index (χ1v) is 9.24. The van der Waals surface area contributed by atoms with Gasteiger partial charge in [0.1, 0.15) is 23.6 Å². The Morgan fingerprint density at radius 3 is 2.74 bits per heavy atom. The molecule has 1 aliphatic heterocycles. The van der Waals surface area contributed by atoms with Crippen molar-refractivity contribution in [2.45, 2.75) is 25.2 Å². The summed E-state index contributed by atoms with van der Waals surface area (Å²) in [6.45, 7) is 2.39. The zero-order valence-corrected chi connectivity index (χ0v) is 16.6. The molecule has 1 aromatic carbocycles. The molecule has 5 nitrogen and oxygen atoms in total. The number of rotatable bonds is 5. The average molecular weight is 445 g/mol. The van der Waals surface area contributed by atoms with Crippen LogP contribution in [0.4, 0.5) is 19.0 Å². The number of hydrogen-bond donors (Lipinski definition) is 0. The van der Waals surface area contributed by atoms with Gasteiger partial charge in [0.05, 0.1) is 11.6 Å². The third kappa shape index (κ3) is 4.70. The van der Waals surface area contributed by atoms with Crippen molar-refractivity contribution in [3.63, 3.8) is 0 Å². The zero-order valence-electron chi connectivity index (χ0n) is 15.0. The second kappa shape index (κ2) is 8.02. The summed E-state index contributed by atoms with van der Waals surface area (Å²) < 4.78 is 44.8. The van der Waals surface area contributed by atoms with Gasteiger partial charge in [-0.3, -0.25) is 4.90 Å². The third-order valence-corrected chi connectivity index (χ3v) is 5.34. The van der Waals surface area contributed by atoms with Crippen LogP contribution in [0.25, 0.3) is 0 Å². The van der Waals surface area contributed by atoms with Crippen LogP contribution in [-0.2, 0) is 12.7 Å². The lowest BCUT2D eigenvalue weighted by molar-refractivity contribution is -0.141. The van der Waals surface area contributed by atoms with Crippen molar-refractivity contribution in [3.8, 4) is 5.75 Å². The van der Waals surface area contributed by atoms with Gasteiger partial charge in [-0.25, -0.2) is 9.97 Å². The van der Waals surface area contributed by atoms with Gasteiger partial charge in [0.2, 0.25) is 0 Å². The lowest BCUT2D eigenvalue weighted by atomic mass is 10.2. The molecule has 9 heteroatoms. The van der Waals surface area contributed by atoms with E-state index in [9.17, 15) is 13.2 Å². The number of ether oxygens (including phenoxy) is 1. The van der Waals surface area contributed by atoms with Crippen molar-refractivity contribution in [2.75, 3.05) is 32.1 Å². The molecule has 27 heavy (non-hydrogen) atoms. The molecular formula is C18H20BrF3N4O. The number of benzene rings is 1. The molecule has 0 saturated carbocycles. The number of likely N-dealkylation sites (N-methyl/N-ethyl adjacent to an activating group) is 1. The van der Waals surface area contributed by atoms with Gasteiger partial charge in [0.15, 0.2) is 0 Å². The quantitative estimate of drug-likeness (QED) is 0.697. The van der Waals surface area contributed by atoms with Crippen LogP contribution in [0.5, 0.6) is 5.75 Å². The Morgan fingerprint density at radius 2 is 2.07 bits per heavy atom. The maximum absolute atomic E-state index is 12.9. The molecule has 1 aromatic heterocycles. The van der Waals surface area contributed by atoms with Gasteiger partial charge in [-0.2, -0.15) is 13.2 Å². The second-order valence-electron chi connectivity index (χ2n) is 6.52. The molecule has 1 fully saturated rings. The van der Waals surface area contributed by atoms with E-state index in [2.05, 4.69) is 30.8 Å². The van der Waals surface area contributed by atoms with Crippen molar-refractivity contribution in [1.82, 2.24) is 14.9 Å². The summed E-state index contributed by atoms with van der Waals surface area (Å²) in [6.07, 6.45) is -2.64. The number of nitrogens with zero attached hydrogens (tertiary/aromatic N) is 4. The van der Waals surface area contributed by atoms with Gasteiger partial charge in [-0.05, 0) is 40.0 Å². The van der Waals surface area contributed by atoms with Gasteiger partial charge in [-0.15, -0.1) is 0 Å². The molecule has 2 heterocycles. The first-order chi connectivity index (χ1) is 12.8. The molecule has 0 bridgehead atoms. The fraction of sp³-hybridized carbons (Fsp3) is 0.444. The van der Waals surface area contributed by atoms with Crippen LogP contribution in [0.15, 0.2) is 35.1 Å². The SMILES string of the molecule is COc1ccc(CN2CCC(N(C)c3cc(C(F)(F)F)ncn3)C2)cc1Br. The van der Waals surface area contributed by atoms with E-state index in [0.29, 0.717) is 0 Å². The van der Waals surface area contributed by atoms with E-state index in [1.807, 2.05) is 18.2 Å². The standard InChI is InChI=1S/C18H20BrF3N4O/c1-25(17-8-16(18(20,21)22)23-11-24-17)13-5-6-26(10-13)9-12-3-4-15(27-2)14(19)7-12/h3-4,7-8,11,13H,5-6,9-10H2,1-2H3. The predicted molar refractivity (Wildman–Crippen MR) is 99.8 cm³/mol. The first kappa shape index (κ1) is 19.9. The Kier molecular flexibility index (Phi) is 5.90. The maximum atomic E-state index is 12.9. The average Bonchev–Trinajstić information content (AvgIpc) is 3.09. The molecule has 1 aliphatic rings. The number of anilines is 1. The van der Waals surface area contributed by atoms with Crippen molar-refractivity contribution in [3.05, 3.63) is 46.3 Å². The summed E-state index contributed by atoms with van der Waals surface area (Å²) in [5.41, 5.74) is 0.227. The Hall–Kier alpha value is -1.87. The van der Waals surface area contributed by atoms with Crippen LogP contribution in [-0.4, -0.2) is 48.2 Å². The highest BCUT2D eigenvalue weighted by Crippen LogP contribution is 2.30. The van der Waals surface area contributed by atoms with E-state index in [0.717, 1.165) is 54.2 Å². The van der Waals surface area contributed by atoms with Crippen LogP contribution in [0.3, 0.4) is 0 Å². The van der Waals surface area contributed by atoms with Crippen LogP contribution in [0.2, 0.25) is 0 Å². The summed E-state index contributed by atoms with van der Waals surface area (Å²) in [6, 6.07) is 7.06. The molecular weight excluding hydrogens is 425 g/mol. The lowest BCUT2D eigenvalue weighted by Crippen LogP contribution is -2.35. The molecule has 0 amide bonds. The van der Waals surface area contributed by atoms with Crippen LogP contribution >= 0.6 is 15.9 Å². The van der Waals surface area contributed by atoms with E-state index < -0.39 is 11.9 Å². The highest BCUT2D eigenvalue weighted by atomic mass is 79.9. The predicted octanol–water partition coefficient (Wildman–Crippen LogP) is 3.98. The fourth-order valence-corrected chi connectivity index (χ4v) is 3.81. The smallest absolute Gasteiger partial charge is 0.433 e. The molecule has 1 atom stereocenters. The van der Waals surface area contributed by atoms with E-state index in [1.165, 1.54) is 0 Å². The van der Waals surface area contributed by atoms with Gasteiger partial charge in [0.25, 0.3) is 0 Å². The largest absolute Gasteiger partial charge is 0.496 e. The van der Waals surface area contributed by atoms with Crippen molar-refractivity contribution >= 4 is 21.7 Å². The van der Waals surface area contributed by atoms with Gasteiger partial charge < -0.3 is 9.64 Å². The summed E-state index contributed by atoms with van der Waals surface area (Å²) in [7, 11) is 3.40. The van der Waals surface area contributed by atoms with E-state index in [1.54, 1.807) is 19.1 Å². The van der Waals surface area contributed by atoms with Crippen LogP contribution < -0.4 is 9.64 Å². The highest BCUT2D eigenvalue weighted by Gasteiger charge is 2.34. The van der Waals surface area contributed by atoms with E-state index in [4.69, 9.17) is 4.74 Å². The van der Waals surface area contributed by atoms with Crippen molar-refractivity contribution in [2.24, 2.45) is 0 Å². The number of hydrogen-bond acceptors (Lipinski definition) is 5. The van der Waals surface area contributed by atoms with Crippen LogP contribution in [0, 0.1) is 0 Å². The zero-order chi connectivity index (χ0) is 19.6. The Morgan fingerprint density at radius 1 is 1.30 bits per heavy atom. The second-order valence-corrected chi connectivity index (χ2v) is 7.37. The molecule has 146 valence electrons. The maximum Gasteiger partial charge on any atom is 0.433 e. The van der Waals surface area contributed by atoms with E-state index >= 15 is 0 Å². The Balaban J connectivity index is 1.64. The monoisotopic (exact) mass is 444 g/mol.